The van der Waals surface area contributed by atoms with Crippen LogP contribution in [0.1, 0.15) is 6.42 Å². The SMILES string of the molecule is CNCCC(=O)Nc1ccccc1OCC(F)F.Cl. The van der Waals surface area contributed by atoms with Crippen molar-refractivity contribution in [2.75, 3.05) is 25.5 Å². The first kappa shape index (κ1) is 17.6. The van der Waals surface area contributed by atoms with E-state index in [1.807, 2.05) is 0 Å². The van der Waals surface area contributed by atoms with Gasteiger partial charge in [0.2, 0.25) is 5.91 Å². The lowest BCUT2D eigenvalue weighted by Gasteiger charge is -2.12. The van der Waals surface area contributed by atoms with Gasteiger partial charge in [-0.2, -0.15) is 0 Å². The third-order valence-electron chi connectivity index (χ3n) is 2.13. The molecule has 0 aliphatic heterocycles. The van der Waals surface area contributed by atoms with E-state index in [4.69, 9.17) is 4.74 Å². The minimum Gasteiger partial charge on any atom is -0.485 e. The molecule has 0 saturated heterocycles. The number of hydrogen-bond donors (Lipinski definition) is 2. The number of benzene rings is 1. The highest BCUT2D eigenvalue weighted by atomic mass is 35.5. The highest BCUT2D eigenvalue weighted by molar-refractivity contribution is 5.92. The van der Waals surface area contributed by atoms with E-state index in [0.29, 0.717) is 18.7 Å². The molecule has 1 amide bonds. The van der Waals surface area contributed by atoms with Crippen LogP contribution in [0.3, 0.4) is 0 Å². The zero-order valence-electron chi connectivity index (χ0n) is 10.5. The first-order valence-corrected chi connectivity index (χ1v) is 5.58. The van der Waals surface area contributed by atoms with E-state index in [9.17, 15) is 13.6 Å². The number of hydrogen-bond acceptors (Lipinski definition) is 3. The van der Waals surface area contributed by atoms with Crippen molar-refractivity contribution in [2.45, 2.75) is 12.8 Å². The fourth-order valence-electron chi connectivity index (χ4n) is 1.30. The van der Waals surface area contributed by atoms with Crippen LogP contribution in [0, 0.1) is 0 Å². The topological polar surface area (TPSA) is 50.4 Å². The predicted octanol–water partition coefficient (Wildman–Crippen LogP) is 2.30. The molecular formula is C12H17ClF2N2O2. The molecule has 108 valence electrons. The third kappa shape index (κ3) is 6.93. The number of rotatable bonds is 7. The summed E-state index contributed by atoms with van der Waals surface area (Å²) in [6, 6.07) is 6.50. The van der Waals surface area contributed by atoms with Crippen molar-refractivity contribution < 1.29 is 18.3 Å². The van der Waals surface area contributed by atoms with Crippen molar-refractivity contribution >= 4 is 24.0 Å². The smallest absolute Gasteiger partial charge is 0.272 e. The summed E-state index contributed by atoms with van der Waals surface area (Å²) in [5, 5.41) is 5.47. The molecule has 0 heterocycles. The molecule has 0 radical (unpaired) electrons. The molecule has 1 rings (SSSR count). The molecule has 0 bridgehead atoms. The lowest BCUT2D eigenvalue weighted by Crippen LogP contribution is -2.19. The summed E-state index contributed by atoms with van der Waals surface area (Å²) >= 11 is 0. The number of halogens is 3. The van der Waals surface area contributed by atoms with Crippen molar-refractivity contribution in [2.24, 2.45) is 0 Å². The van der Waals surface area contributed by atoms with Crippen molar-refractivity contribution in [3.05, 3.63) is 24.3 Å². The van der Waals surface area contributed by atoms with Gasteiger partial charge in [0.25, 0.3) is 6.43 Å². The van der Waals surface area contributed by atoms with Gasteiger partial charge in [-0.1, -0.05) is 12.1 Å². The number of carbonyl (C=O) groups is 1. The van der Waals surface area contributed by atoms with Crippen molar-refractivity contribution in [3.63, 3.8) is 0 Å². The van der Waals surface area contributed by atoms with Gasteiger partial charge in [0.05, 0.1) is 5.69 Å². The van der Waals surface area contributed by atoms with Crippen molar-refractivity contribution in [3.8, 4) is 5.75 Å². The molecular weight excluding hydrogens is 278 g/mol. The average Bonchev–Trinajstić information content (AvgIpc) is 2.35. The monoisotopic (exact) mass is 294 g/mol. The zero-order valence-corrected chi connectivity index (χ0v) is 11.3. The molecule has 19 heavy (non-hydrogen) atoms. The number of alkyl halides is 2. The van der Waals surface area contributed by atoms with Crippen molar-refractivity contribution in [1.82, 2.24) is 5.32 Å². The standard InChI is InChI=1S/C12H16F2N2O2.ClH/c1-15-7-6-12(17)16-9-4-2-3-5-10(9)18-8-11(13)14;/h2-5,11,15H,6-8H2,1H3,(H,16,17);1H. The molecule has 0 aliphatic carbocycles. The summed E-state index contributed by atoms with van der Waals surface area (Å²) < 4.78 is 29.0. The van der Waals surface area contributed by atoms with Gasteiger partial charge in [0.15, 0.2) is 0 Å². The Morgan fingerprint density at radius 3 is 2.68 bits per heavy atom. The lowest BCUT2D eigenvalue weighted by atomic mass is 10.2. The molecule has 0 saturated carbocycles. The predicted molar refractivity (Wildman–Crippen MR) is 72.4 cm³/mol. The number of nitrogens with one attached hydrogen (secondary N) is 2. The van der Waals surface area contributed by atoms with Crippen LogP contribution in [0.4, 0.5) is 14.5 Å². The van der Waals surface area contributed by atoms with Gasteiger partial charge in [-0.05, 0) is 19.2 Å². The Balaban J connectivity index is 0.00000324. The van der Waals surface area contributed by atoms with Gasteiger partial charge in [-0.3, -0.25) is 4.79 Å². The van der Waals surface area contributed by atoms with E-state index in [-0.39, 0.29) is 24.1 Å². The molecule has 0 aromatic heterocycles. The molecule has 1 aromatic rings. The van der Waals surface area contributed by atoms with Crippen LogP contribution >= 0.6 is 12.4 Å². The summed E-state index contributed by atoms with van der Waals surface area (Å²) in [5.41, 5.74) is 0.402. The van der Waals surface area contributed by atoms with Gasteiger partial charge in [0.1, 0.15) is 12.4 Å². The minimum absolute atomic E-state index is 0. The molecule has 0 spiro atoms. The van der Waals surface area contributed by atoms with Gasteiger partial charge in [-0.25, -0.2) is 8.78 Å². The summed E-state index contributed by atoms with van der Waals surface area (Å²) in [6.45, 7) is -0.144. The number of carbonyl (C=O) groups excluding carboxylic acids is 1. The Bertz CT molecular complexity index is 392. The Kier molecular flexibility index (Phi) is 8.82. The largest absolute Gasteiger partial charge is 0.485 e. The van der Waals surface area contributed by atoms with Crippen LogP contribution in [0.15, 0.2) is 24.3 Å². The molecule has 0 atom stereocenters. The second-order valence-electron chi connectivity index (χ2n) is 3.60. The van der Waals surface area contributed by atoms with Gasteiger partial charge >= 0.3 is 0 Å². The third-order valence-corrected chi connectivity index (χ3v) is 2.13. The van der Waals surface area contributed by atoms with E-state index in [2.05, 4.69) is 10.6 Å². The van der Waals surface area contributed by atoms with Gasteiger partial charge in [0, 0.05) is 13.0 Å². The highest BCUT2D eigenvalue weighted by Gasteiger charge is 2.09. The van der Waals surface area contributed by atoms with E-state index < -0.39 is 13.0 Å². The normalized spacial score (nSPS) is 9.89. The first-order valence-electron chi connectivity index (χ1n) is 5.58. The lowest BCUT2D eigenvalue weighted by molar-refractivity contribution is -0.116. The molecule has 0 aliphatic rings. The Hall–Kier alpha value is -1.40. The number of para-hydroxylation sites is 2. The second-order valence-corrected chi connectivity index (χ2v) is 3.60. The maximum atomic E-state index is 12.1. The Morgan fingerprint density at radius 1 is 1.37 bits per heavy atom. The van der Waals surface area contributed by atoms with Crippen LogP contribution in [-0.2, 0) is 4.79 Å². The summed E-state index contributed by atoms with van der Waals surface area (Å²) in [7, 11) is 1.74. The summed E-state index contributed by atoms with van der Waals surface area (Å²) in [4.78, 5) is 11.5. The zero-order chi connectivity index (χ0) is 13.4. The van der Waals surface area contributed by atoms with E-state index in [0.717, 1.165) is 0 Å². The van der Waals surface area contributed by atoms with E-state index in [1.54, 1.807) is 25.2 Å². The molecule has 2 N–H and O–H groups in total. The first-order chi connectivity index (χ1) is 8.63. The summed E-state index contributed by atoms with van der Waals surface area (Å²) in [6.07, 6.45) is -2.24. The number of anilines is 1. The average molecular weight is 295 g/mol. The Morgan fingerprint density at radius 2 is 2.05 bits per heavy atom. The molecule has 7 heteroatoms. The fraction of sp³-hybridized carbons (Fsp3) is 0.417. The molecule has 1 aromatic carbocycles. The van der Waals surface area contributed by atoms with E-state index in [1.165, 1.54) is 6.07 Å². The fourth-order valence-corrected chi connectivity index (χ4v) is 1.30. The molecule has 0 unspecified atom stereocenters. The van der Waals surface area contributed by atoms with E-state index >= 15 is 0 Å². The maximum Gasteiger partial charge on any atom is 0.272 e. The van der Waals surface area contributed by atoms with Gasteiger partial charge < -0.3 is 15.4 Å². The number of ether oxygens (including phenoxy) is 1. The number of amides is 1. The maximum absolute atomic E-state index is 12.1. The quantitative estimate of drug-likeness (QED) is 0.811. The van der Waals surface area contributed by atoms with Crippen LogP contribution < -0.4 is 15.4 Å². The minimum atomic E-state index is -2.54. The van der Waals surface area contributed by atoms with Crippen LogP contribution in [0.2, 0.25) is 0 Å². The second kappa shape index (κ2) is 9.52. The molecule has 4 nitrogen and oxygen atoms in total. The van der Waals surface area contributed by atoms with Crippen molar-refractivity contribution in [1.29, 1.82) is 0 Å². The van der Waals surface area contributed by atoms with Crippen LogP contribution in [0.5, 0.6) is 5.75 Å². The Labute approximate surface area is 116 Å². The molecule has 0 fully saturated rings. The van der Waals surface area contributed by atoms with Gasteiger partial charge in [-0.15, -0.1) is 12.4 Å². The van der Waals surface area contributed by atoms with Crippen LogP contribution in [-0.4, -0.2) is 32.5 Å². The van der Waals surface area contributed by atoms with Crippen LogP contribution in [0.25, 0.3) is 0 Å². The highest BCUT2D eigenvalue weighted by Crippen LogP contribution is 2.24. The summed E-state index contributed by atoms with van der Waals surface area (Å²) in [5.74, 6) is 0.0491.